The summed E-state index contributed by atoms with van der Waals surface area (Å²) < 4.78 is 0. The van der Waals surface area contributed by atoms with Crippen LogP contribution in [0.15, 0.2) is 60.7 Å². The standard InChI is InChI=1S/C30H37N5O2/c1-21(31-2)29(36)33-27-14-13-22-7-3-6-10-28(22)35(30(27)37)20-24-12-11-23(19-34-17-15-32-16-18-34)25-8-4-5-9-26(24)25/h3-12,21,27,31-32H,13-20H2,1-2H3,(H,33,36). The van der Waals surface area contributed by atoms with E-state index in [1.165, 1.54) is 16.3 Å². The van der Waals surface area contributed by atoms with Gasteiger partial charge in [-0.2, -0.15) is 0 Å². The Kier molecular flexibility index (Phi) is 7.84. The summed E-state index contributed by atoms with van der Waals surface area (Å²) >= 11 is 0. The van der Waals surface area contributed by atoms with Crippen LogP contribution in [0.5, 0.6) is 0 Å². The van der Waals surface area contributed by atoms with Crippen LogP contribution in [0.3, 0.4) is 0 Å². The van der Waals surface area contributed by atoms with Crippen LogP contribution in [0.1, 0.15) is 30.0 Å². The number of anilines is 1. The molecule has 37 heavy (non-hydrogen) atoms. The van der Waals surface area contributed by atoms with Crippen LogP contribution in [0.4, 0.5) is 5.69 Å². The first-order chi connectivity index (χ1) is 18.0. The molecule has 2 atom stereocenters. The van der Waals surface area contributed by atoms with Gasteiger partial charge in [-0.05, 0) is 60.3 Å². The molecule has 3 N–H and O–H groups in total. The van der Waals surface area contributed by atoms with Crippen molar-refractivity contribution in [1.29, 1.82) is 0 Å². The maximum Gasteiger partial charge on any atom is 0.249 e. The van der Waals surface area contributed by atoms with Crippen molar-refractivity contribution in [2.75, 3.05) is 38.1 Å². The van der Waals surface area contributed by atoms with Crippen molar-refractivity contribution in [2.24, 2.45) is 0 Å². The van der Waals surface area contributed by atoms with E-state index in [1.54, 1.807) is 14.0 Å². The summed E-state index contributed by atoms with van der Waals surface area (Å²) in [7, 11) is 1.75. The fraction of sp³-hybridized carbons (Fsp3) is 0.400. The second-order valence-electron chi connectivity index (χ2n) is 10.1. The minimum absolute atomic E-state index is 0.0597. The summed E-state index contributed by atoms with van der Waals surface area (Å²) in [5.74, 6) is -0.218. The fourth-order valence-corrected chi connectivity index (χ4v) is 5.42. The minimum Gasteiger partial charge on any atom is -0.343 e. The molecule has 0 aliphatic carbocycles. The van der Waals surface area contributed by atoms with Gasteiger partial charge in [0.05, 0.1) is 12.6 Å². The van der Waals surface area contributed by atoms with Gasteiger partial charge in [-0.3, -0.25) is 14.5 Å². The number of fused-ring (bicyclic) bond motifs is 2. The van der Waals surface area contributed by atoms with Crippen LogP contribution < -0.4 is 20.9 Å². The Hall–Kier alpha value is -3.26. The van der Waals surface area contributed by atoms with Crippen molar-refractivity contribution < 1.29 is 9.59 Å². The van der Waals surface area contributed by atoms with Gasteiger partial charge in [0.15, 0.2) is 0 Å². The number of amides is 2. The number of hydrogen-bond donors (Lipinski definition) is 3. The summed E-state index contributed by atoms with van der Waals surface area (Å²) in [5.41, 5.74) is 4.49. The van der Waals surface area contributed by atoms with Crippen LogP contribution in [0, 0.1) is 0 Å². The van der Waals surface area contributed by atoms with Gasteiger partial charge in [-0.1, -0.05) is 54.6 Å². The van der Waals surface area contributed by atoms with Gasteiger partial charge in [0.2, 0.25) is 11.8 Å². The number of rotatable bonds is 7. The molecule has 0 spiro atoms. The summed E-state index contributed by atoms with van der Waals surface area (Å²) in [6.07, 6.45) is 1.32. The zero-order chi connectivity index (χ0) is 25.8. The van der Waals surface area contributed by atoms with E-state index >= 15 is 0 Å². The van der Waals surface area contributed by atoms with Crippen LogP contribution in [0.2, 0.25) is 0 Å². The number of piperazine rings is 1. The second-order valence-corrected chi connectivity index (χ2v) is 10.1. The third-order valence-corrected chi connectivity index (χ3v) is 7.73. The van der Waals surface area contributed by atoms with Gasteiger partial charge in [0.1, 0.15) is 6.04 Å². The van der Waals surface area contributed by atoms with E-state index in [4.69, 9.17) is 0 Å². The van der Waals surface area contributed by atoms with E-state index in [-0.39, 0.29) is 17.9 Å². The maximum atomic E-state index is 13.9. The molecule has 2 heterocycles. The van der Waals surface area contributed by atoms with Crippen LogP contribution in [0.25, 0.3) is 10.8 Å². The van der Waals surface area contributed by atoms with E-state index in [0.29, 0.717) is 13.0 Å². The number of nitrogens with zero attached hydrogens (tertiary/aromatic N) is 2. The van der Waals surface area contributed by atoms with Crippen LogP contribution >= 0.6 is 0 Å². The summed E-state index contributed by atoms with van der Waals surface area (Å²) in [6.45, 7) is 7.33. The predicted octanol–water partition coefficient (Wildman–Crippen LogP) is 2.82. The lowest BCUT2D eigenvalue weighted by Crippen LogP contribution is -2.52. The minimum atomic E-state index is -0.561. The first-order valence-corrected chi connectivity index (χ1v) is 13.3. The number of para-hydroxylation sites is 1. The first-order valence-electron chi connectivity index (χ1n) is 13.3. The molecule has 3 aromatic rings. The Labute approximate surface area is 219 Å². The molecular formula is C30H37N5O2. The predicted molar refractivity (Wildman–Crippen MR) is 149 cm³/mol. The van der Waals surface area contributed by atoms with Gasteiger partial charge < -0.3 is 20.9 Å². The highest BCUT2D eigenvalue weighted by Gasteiger charge is 2.32. The highest BCUT2D eigenvalue weighted by molar-refractivity contribution is 6.01. The average Bonchev–Trinajstić information content (AvgIpc) is 3.06. The highest BCUT2D eigenvalue weighted by atomic mass is 16.2. The smallest absolute Gasteiger partial charge is 0.249 e. The van der Waals surface area contributed by atoms with Crippen molar-refractivity contribution in [2.45, 2.75) is 44.9 Å². The number of hydrogen-bond acceptors (Lipinski definition) is 5. The summed E-state index contributed by atoms with van der Waals surface area (Å²) in [4.78, 5) is 30.9. The molecule has 0 bridgehead atoms. The lowest BCUT2D eigenvalue weighted by molar-refractivity contribution is -0.128. The lowest BCUT2D eigenvalue weighted by Gasteiger charge is -2.29. The van der Waals surface area contributed by atoms with Crippen molar-refractivity contribution in [3.05, 3.63) is 77.4 Å². The molecule has 0 saturated carbocycles. The van der Waals surface area contributed by atoms with Gasteiger partial charge in [0, 0.05) is 38.4 Å². The van der Waals surface area contributed by atoms with Gasteiger partial charge in [-0.25, -0.2) is 0 Å². The number of carbonyl (C=O) groups is 2. The van der Waals surface area contributed by atoms with Gasteiger partial charge >= 0.3 is 0 Å². The van der Waals surface area contributed by atoms with Crippen molar-refractivity contribution >= 4 is 28.3 Å². The average molecular weight is 500 g/mol. The van der Waals surface area contributed by atoms with Crippen molar-refractivity contribution in [3.63, 3.8) is 0 Å². The number of likely N-dealkylation sites (N-methyl/N-ethyl adjacent to an activating group) is 1. The molecule has 2 unspecified atom stereocenters. The quantitative estimate of drug-likeness (QED) is 0.466. The normalized spacial score (nSPS) is 19.4. The molecule has 2 aliphatic heterocycles. The summed E-state index contributed by atoms with van der Waals surface area (Å²) in [5, 5.41) is 11.8. The molecule has 3 aromatic carbocycles. The number of aryl methyl sites for hydroxylation is 1. The SMILES string of the molecule is CNC(C)C(=O)NC1CCc2ccccc2N(Cc2ccc(CN3CCNCC3)c3ccccc23)C1=O. The molecule has 1 fully saturated rings. The Morgan fingerprint density at radius 2 is 1.62 bits per heavy atom. The molecule has 2 aliphatic rings. The molecule has 5 rings (SSSR count). The number of nitrogens with one attached hydrogen (secondary N) is 3. The molecule has 1 saturated heterocycles. The number of carbonyl (C=O) groups excluding carboxylic acids is 2. The van der Waals surface area contributed by atoms with Crippen LogP contribution in [-0.2, 0) is 29.1 Å². The van der Waals surface area contributed by atoms with Crippen molar-refractivity contribution in [1.82, 2.24) is 20.9 Å². The zero-order valence-corrected chi connectivity index (χ0v) is 21.8. The van der Waals surface area contributed by atoms with E-state index < -0.39 is 6.04 Å². The van der Waals surface area contributed by atoms with Crippen LogP contribution in [-0.4, -0.2) is 62.0 Å². The van der Waals surface area contributed by atoms with Crippen molar-refractivity contribution in [3.8, 4) is 0 Å². The first kappa shape index (κ1) is 25.4. The molecule has 194 valence electrons. The van der Waals surface area contributed by atoms with E-state index in [1.807, 2.05) is 23.1 Å². The topological polar surface area (TPSA) is 76.7 Å². The monoisotopic (exact) mass is 499 g/mol. The molecule has 7 heteroatoms. The Morgan fingerprint density at radius 3 is 2.32 bits per heavy atom. The molecule has 2 amide bonds. The van der Waals surface area contributed by atoms with E-state index in [2.05, 4.69) is 63.3 Å². The van der Waals surface area contributed by atoms with E-state index in [9.17, 15) is 9.59 Å². The third-order valence-electron chi connectivity index (χ3n) is 7.73. The zero-order valence-electron chi connectivity index (χ0n) is 21.8. The van der Waals surface area contributed by atoms with E-state index in [0.717, 1.165) is 56.0 Å². The van der Waals surface area contributed by atoms with Gasteiger partial charge in [0.25, 0.3) is 0 Å². The number of benzene rings is 3. The van der Waals surface area contributed by atoms with Gasteiger partial charge in [-0.15, -0.1) is 0 Å². The molecule has 0 radical (unpaired) electrons. The largest absolute Gasteiger partial charge is 0.343 e. The summed E-state index contributed by atoms with van der Waals surface area (Å²) in [6, 6.07) is 20.1. The lowest BCUT2D eigenvalue weighted by atomic mass is 9.98. The molecule has 0 aromatic heterocycles. The Morgan fingerprint density at radius 1 is 0.973 bits per heavy atom. The molecular weight excluding hydrogens is 462 g/mol. The third kappa shape index (κ3) is 5.54. The maximum absolute atomic E-state index is 13.9. The Balaban J connectivity index is 1.47. The Bertz CT molecular complexity index is 1270. The fourth-order valence-electron chi connectivity index (χ4n) is 5.42. The highest BCUT2D eigenvalue weighted by Crippen LogP contribution is 2.31. The second kappa shape index (κ2) is 11.4. The molecule has 7 nitrogen and oxygen atoms in total.